The Kier molecular flexibility index (Phi) is 9.58. The van der Waals surface area contributed by atoms with Crippen LogP contribution in [-0.4, -0.2) is 38.2 Å². The van der Waals surface area contributed by atoms with Gasteiger partial charge in [-0.25, -0.2) is 0 Å². The molecule has 2 heterocycles. The van der Waals surface area contributed by atoms with Gasteiger partial charge in [0, 0.05) is 16.4 Å². The fraction of sp³-hybridized carbons (Fsp3) is 0.423. The van der Waals surface area contributed by atoms with Gasteiger partial charge in [0.2, 0.25) is 5.91 Å². The Morgan fingerprint density at radius 1 is 1.18 bits per heavy atom. The summed E-state index contributed by atoms with van der Waals surface area (Å²) in [6, 6.07) is 4.26. The predicted molar refractivity (Wildman–Crippen MR) is 156 cm³/mol. The van der Waals surface area contributed by atoms with Crippen LogP contribution >= 0.6 is 46.3 Å². The smallest absolute Gasteiger partial charge is 0.253 e. The number of primary amides is 1. The Morgan fingerprint density at radius 3 is 2.59 bits per heavy atom. The topological polar surface area (TPSA) is 132 Å². The third kappa shape index (κ3) is 6.59. The Labute approximate surface area is 245 Å². The highest BCUT2D eigenvalue weighted by Crippen LogP contribution is 2.38. The molecule has 0 radical (unpaired) electrons. The number of hydrogen-bond acceptors (Lipinski definition) is 7. The van der Waals surface area contributed by atoms with Crippen LogP contribution in [0.4, 0.5) is 5.00 Å². The van der Waals surface area contributed by atoms with Gasteiger partial charge in [-0.2, -0.15) is 0 Å². The number of halogens is 2. The second kappa shape index (κ2) is 12.7. The molecule has 1 aliphatic carbocycles. The molecule has 39 heavy (non-hydrogen) atoms. The number of amides is 3. The van der Waals surface area contributed by atoms with Gasteiger partial charge in [-0.1, -0.05) is 48.8 Å². The number of benzene rings is 1. The van der Waals surface area contributed by atoms with Crippen molar-refractivity contribution < 1.29 is 14.4 Å². The van der Waals surface area contributed by atoms with Gasteiger partial charge in [0.05, 0.1) is 27.9 Å². The largest absolute Gasteiger partial charge is 0.365 e. The van der Waals surface area contributed by atoms with E-state index in [1.165, 1.54) is 29.2 Å². The number of nitrogens with one attached hydrogen (secondary N) is 2. The van der Waals surface area contributed by atoms with Crippen molar-refractivity contribution in [3.05, 3.63) is 55.6 Å². The van der Waals surface area contributed by atoms with Gasteiger partial charge in [-0.3, -0.25) is 14.4 Å². The lowest BCUT2D eigenvalue weighted by Crippen LogP contribution is -2.34. The SMILES string of the molecule is CCn1c(SCC(=O)Nc2sc3c(c2C(N)=O)CCCC3)nnc1[C@@H](NC(=O)c1ccc(Cl)cc1Cl)C(C)C. The molecule has 4 rings (SSSR count). The minimum absolute atomic E-state index is 0.00671. The van der Waals surface area contributed by atoms with Crippen molar-refractivity contribution in [2.24, 2.45) is 11.7 Å². The first-order valence-electron chi connectivity index (χ1n) is 12.7. The molecule has 1 aromatic carbocycles. The fourth-order valence-electron chi connectivity index (χ4n) is 4.56. The van der Waals surface area contributed by atoms with Gasteiger partial charge in [-0.15, -0.1) is 21.5 Å². The molecular formula is C26H30Cl2N6O3S2. The number of rotatable bonds is 10. The number of hydrogen-bond donors (Lipinski definition) is 3. The second-order valence-corrected chi connectivity index (χ2v) is 12.4. The van der Waals surface area contributed by atoms with Crippen molar-refractivity contribution in [1.29, 1.82) is 0 Å². The molecule has 3 aromatic rings. The standard InChI is InChI=1S/C26H30Cl2N6O3S2/c1-4-34-23(21(13(2)3)31-24(37)15-10-9-14(27)11-17(15)28)32-33-26(34)38-12-19(35)30-25-20(22(29)36)16-7-5-6-8-18(16)39-25/h9-11,13,21H,4-8,12H2,1-3H3,(H2,29,36)(H,30,35)(H,31,37)/t21-/m0/s1. The maximum absolute atomic E-state index is 13.0. The molecule has 0 fully saturated rings. The van der Waals surface area contributed by atoms with Gasteiger partial charge in [0.15, 0.2) is 11.0 Å². The van der Waals surface area contributed by atoms with Crippen LogP contribution in [0.3, 0.4) is 0 Å². The summed E-state index contributed by atoms with van der Waals surface area (Å²) in [7, 11) is 0. The number of anilines is 1. The number of carbonyl (C=O) groups excluding carboxylic acids is 3. The Bertz CT molecular complexity index is 1400. The zero-order valence-corrected chi connectivity index (χ0v) is 25.0. The highest BCUT2D eigenvalue weighted by Gasteiger charge is 2.28. The molecule has 0 aliphatic heterocycles. The van der Waals surface area contributed by atoms with E-state index in [-0.39, 0.29) is 28.5 Å². The normalized spacial score (nSPS) is 13.7. The molecule has 0 saturated carbocycles. The molecule has 9 nitrogen and oxygen atoms in total. The van der Waals surface area contributed by atoms with Crippen LogP contribution in [0.25, 0.3) is 0 Å². The average molecular weight is 610 g/mol. The van der Waals surface area contributed by atoms with Gasteiger partial charge < -0.3 is 20.9 Å². The van der Waals surface area contributed by atoms with E-state index in [4.69, 9.17) is 28.9 Å². The monoisotopic (exact) mass is 608 g/mol. The van der Waals surface area contributed by atoms with E-state index in [1.807, 2.05) is 25.3 Å². The third-order valence-corrected chi connectivity index (χ3v) is 9.19. The van der Waals surface area contributed by atoms with Crippen LogP contribution in [0.1, 0.15) is 76.6 Å². The number of aryl methyl sites for hydroxylation is 1. The minimum atomic E-state index is -0.519. The lowest BCUT2D eigenvalue weighted by Gasteiger charge is -2.22. The van der Waals surface area contributed by atoms with Crippen LogP contribution in [-0.2, 0) is 24.2 Å². The van der Waals surface area contributed by atoms with Gasteiger partial charge in [0.1, 0.15) is 5.00 Å². The maximum Gasteiger partial charge on any atom is 0.253 e. The first-order valence-corrected chi connectivity index (χ1v) is 15.2. The molecule has 0 saturated heterocycles. The second-order valence-electron chi connectivity index (χ2n) is 9.52. The van der Waals surface area contributed by atoms with E-state index in [9.17, 15) is 14.4 Å². The van der Waals surface area contributed by atoms with E-state index in [2.05, 4.69) is 20.8 Å². The summed E-state index contributed by atoms with van der Waals surface area (Å²) < 4.78 is 1.88. The average Bonchev–Trinajstić information content (AvgIpc) is 3.46. The highest BCUT2D eigenvalue weighted by atomic mass is 35.5. The fourth-order valence-corrected chi connectivity index (χ4v) is 7.18. The van der Waals surface area contributed by atoms with Crippen LogP contribution < -0.4 is 16.4 Å². The van der Waals surface area contributed by atoms with E-state index in [0.717, 1.165) is 36.1 Å². The summed E-state index contributed by atoms with van der Waals surface area (Å²) in [6.45, 7) is 6.43. The number of fused-ring (bicyclic) bond motifs is 1. The van der Waals surface area contributed by atoms with E-state index in [1.54, 1.807) is 12.1 Å². The van der Waals surface area contributed by atoms with Gasteiger partial charge in [-0.05, 0) is 62.3 Å². The number of nitrogens with zero attached hydrogens (tertiary/aromatic N) is 3. The molecule has 0 unspecified atom stereocenters. The molecular weight excluding hydrogens is 579 g/mol. The number of aromatic nitrogens is 3. The van der Waals surface area contributed by atoms with E-state index < -0.39 is 11.9 Å². The minimum Gasteiger partial charge on any atom is -0.365 e. The molecule has 1 atom stereocenters. The molecule has 13 heteroatoms. The Hall–Kier alpha value is -2.60. The lowest BCUT2D eigenvalue weighted by atomic mass is 9.95. The van der Waals surface area contributed by atoms with Crippen molar-refractivity contribution >= 4 is 69.0 Å². The van der Waals surface area contributed by atoms with Crippen LogP contribution in [0.5, 0.6) is 0 Å². The lowest BCUT2D eigenvalue weighted by molar-refractivity contribution is -0.113. The Balaban J connectivity index is 1.47. The van der Waals surface area contributed by atoms with Crippen molar-refractivity contribution in [3.63, 3.8) is 0 Å². The summed E-state index contributed by atoms with van der Waals surface area (Å²) in [6.07, 6.45) is 3.77. The number of carbonyl (C=O) groups is 3. The van der Waals surface area contributed by atoms with Crippen LogP contribution in [0.15, 0.2) is 23.4 Å². The maximum atomic E-state index is 13.0. The van der Waals surface area contributed by atoms with Gasteiger partial charge >= 0.3 is 0 Å². The van der Waals surface area contributed by atoms with Crippen molar-refractivity contribution in [2.75, 3.05) is 11.1 Å². The summed E-state index contributed by atoms with van der Waals surface area (Å²) in [5.41, 5.74) is 7.37. The van der Waals surface area contributed by atoms with E-state index in [0.29, 0.717) is 38.7 Å². The Morgan fingerprint density at radius 2 is 1.92 bits per heavy atom. The quantitative estimate of drug-likeness (QED) is 0.260. The first kappa shape index (κ1) is 29.4. The highest BCUT2D eigenvalue weighted by molar-refractivity contribution is 7.99. The predicted octanol–water partition coefficient (Wildman–Crippen LogP) is 5.50. The van der Waals surface area contributed by atoms with Crippen LogP contribution in [0.2, 0.25) is 10.0 Å². The van der Waals surface area contributed by atoms with Crippen molar-refractivity contribution in [3.8, 4) is 0 Å². The third-order valence-electron chi connectivity index (χ3n) is 6.47. The molecule has 208 valence electrons. The molecule has 1 aliphatic rings. The zero-order valence-electron chi connectivity index (χ0n) is 21.8. The number of thioether (sulfide) groups is 1. The number of thiophene rings is 1. The molecule has 4 N–H and O–H groups in total. The molecule has 3 amide bonds. The molecule has 0 bridgehead atoms. The van der Waals surface area contributed by atoms with Crippen LogP contribution in [0, 0.1) is 5.92 Å². The molecule has 2 aromatic heterocycles. The first-order chi connectivity index (χ1) is 18.6. The zero-order chi connectivity index (χ0) is 28.3. The summed E-state index contributed by atoms with van der Waals surface area (Å²) >= 11 is 14.9. The summed E-state index contributed by atoms with van der Waals surface area (Å²) in [5, 5.41) is 16.3. The summed E-state index contributed by atoms with van der Waals surface area (Å²) in [5.74, 6) is -0.492. The van der Waals surface area contributed by atoms with Crippen molar-refractivity contribution in [1.82, 2.24) is 20.1 Å². The molecule has 0 spiro atoms. The summed E-state index contributed by atoms with van der Waals surface area (Å²) in [4.78, 5) is 39.1. The number of nitrogens with two attached hydrogens (primary N) is 1. The van der Waals surface area contributed by atoms with Gasteiger partial charge in [0.25, 0.3) is 11.8 Å². The van der Waals surface area contributed by atoms with E-state index >= 15 is 0 Å². The van der Waals surface area contributed by atoms with Crippen molar-refractivity contribution in [2.45, 2.75) is 64.2 Å².